The van der Waals surface area contributed by atoms with E-state index in [1.165, 1.54) is 5.57 Å². The Balaban J connectivity index is 1.66. The van der Waals surface area contributed by atoms with Crippen molar-refractivity contribution in [2.45, 2.75) is 65.3 Å². The molecule has 0 saturated heterocycles. The number of hydrogen-bond acceptors (Lipinski definition) is 2. The third-order valence-electron chi connectivity index (χ3n) is 6.70. The monoisotopic (exact) mass is 442 g/mol. The van der Waals surface area contributed by atoms with Crippen LogP contribution < -0.4 is 0 Å². The van der Waals surface area contributed by atoms with Gasteiger partial charge in [-0.25, -0.2) is 14.4 Å². The third-order valence-corrected chi connectivity index (χ3v) is 6.70. The number of nitrogens with one attached hydrogen (secondary N) is 1. The highest BCUT2D eigenvalue weighted by Gasteiger charge is 2.20. The first-order valence-corrected chi connectivity index (χ1v) is 12.1. The summed E-state index contributed by atoms with van der Waals surface area (Å²) in [6, 6.07) is 6.22. The number of hydrogen-bond donors (Lipinski definition) is 1. The molecule has 0 saturated carbocycles. The van der Waals surface area contributed by atoms with Crippen molar-refractivity contribution >= 4 is 27.6 Å². The van der Waals surface area contributed by atoms with Crippen LogP contribution in [0.2, 0.25) is 0 Å². The number of allylic oxidation sites excluding steroid dienone is 4. The number of fused-ring (bicyclic) bond motifs is 2. The maximum absolute atomic E-state index is 15.3. The minimum atomic E-state index is -0.271. The molecule has 1 N–H and O–H groups in total. The van der Waals surface area contributed by atoms with Gasteiger partial charge in [0.05, 0.1) is 5.52 Å². The Bertz CT molecular complexity index is 1370. The van der Waals surface area contributed by atoms with Crippen LogP contribution in [0.4, 0.5) is 4.39 Å². The van der Waals surface area contributed by atoms with E-state index >= 15 is 4.39 Å². The number of halogens is 1. The molecule has 5 rings (SSSR count). The fraction of sp³-hybridized carbons (Fsp3) is 0.357. The lowest BCUT2D eigenvalue weighted by Crippen LogP contribution is -2.10. The van der Waals surface area contributed by atoms with Crippen LogP contribution in [0.3, 0.4) is 0 Å². The molecule has 4 aromatic rings. The van der Waals surface area contributed by atoms with Crippen LogP contribution in [-0.4, -0.2) is 19.5 Å². The molecule has 0 bridgehead atoms. The van der Waals surface area contributed by atoms with Gasteiger partial charge >= 0.3 is 0 Å². The molecule has 1 aliphatic rings. The summed E-state index contributed by atoms with van der Waals surface area (Å²) in [5.74, 6) is 0.610. The molecule has 3 heterocycles. The summed E-state index contributed by atoms with van der Waals surface area (Å²) in [5.41, 5.74) is 6.26. The highest BCUT2D eigenvalue weighted by atomic mass is 19.1. The first-order valence-electron chi connectivity index (χ1n) is 12.1. The van der Waals surface area contributed by atoms with E-state index in [4.69, 9.17) is 0 Å². The van der Waals surface area contributed by atoms with Gasteiger partial charge in [0.2, 0.25) is 0 Å². The lowest BCUT2D eigenvalue weighted by Gasteiger charge is -2.20. The number of rotatable bonds is 7. The Morgan fingerprint density at radius 3 is 2.64 bits per heavy atom. The molecule has 0 spiro atoms. The van der Waals surface area contributed by atoms with Crippen LogP contribution in [0.15, 0.2) is 48.8 Å². The normalized spacial score (nSPS) is 14.0. The third kappa shape index (κ3) is 3.90. The molecule has 3 aromatic heterocycles. The van der Waals surface area contributed by atoms with Crippen molar-refractivity contribution in [2.75, 3.05) is 0 Å². The second kappa shape index (κ2) is 8.97. The van der Waals surface area contributed by atoms with Crippen LogP contribution >= 0.6 is 0 Å². The first-order chi connectivity index (χ1) is 16.1. The van der Waals surface area contributed by atoms with E-state index in [2.05, 4.69) is 63.7 Å². The van der Waals surface area contributed by atoms with Gasteiger partial charge in [0.1, 0.15) is 17.0 Å². The maximum Gasteiger partial charge on any atom is 0.151 e. The maximum atomic E-state index is 15.3. The van der Waals surface area contributed by atoms with Crippen molar-refractivity contribution in [1.29, 1.82) is 0 Å². The summed E-state index contributed by atoms with van der Waals surface area (Å²) < 4.78 is 17.6. The predicted molar refractivity (Wildman–Crippen MR) is 135 cm³/mol. The highest BCUT2D eigenvalue weighted by Crippen LogP contribution is 2.35. The number of aromatic nitrogens is 4. The molecular formula is C28H31FN4. The zero-order valence-electron chi connectivity index (χ0n) is 19.7. The van der Waals surface area contributed by atoms with E-state index in [9.17, 15) is 0 Å². The van der Waals surface area contributed by atoms with Gasteiger partial charge < -0.3 is 9.55 Å². The first kappa shape index (κ1) is 21.6. The molecule has 170 valence electrons. The van der Waals surface area contributed by atoms with Crippen LogP contribution in [0.5, 0.6) is 0 Å². The average Bonchev–Trinajstić information content (AvgIpc) is 3.40. The molecule has 0 amide bonds. The molecule has 0 radical (unpaired) electrons. The predicted octanol–water partition coefficient (Wildman–Crippen LogP) is 7.90. The Morgan fingerprint density at radius 2 is 1.91 bits per heavy atom. The lowest BCUT2D eigenvalue weighted by atomic mass is 9.98. The topological polar surface area (TPSA) is 46.5 Å². The Hall–Kier alpha value is -3.21. The fourth-order valence-electron chi connectivity index (χ4n) is 5.18. The minimum Gasteiger partial charge on any atom is -0.346 e. The van der Waals surface area contributed by atoms with Gasteiger partial charge in [-0.3, -0.25) is 0 Å². The Kier molecular flexibility index (Phi) is 5.88. The number of nitrogens with zero attached hydrogens (tertiary/aromatic N) is 3. The number of benzene rings is 1. The zero-order chi connectivity index (χ0) is 22.9. The summed E-state index contributed by atoms with van der Waals surface area (Å²) in [6.45, 7) is 6.40. The molecule has 0 unspecified atom stereocenters. The molecule has 33 heavy (non-hydrogen) atoms. The minimum absolute atomic E-state index is 0.271. The number of pyridine rings is 1. The smallest absolute Gasteiger partial charge is 0.151 e. The van der Waals surface area contributed by atoms with Crippen molar-refractivity contribution in [3.8, 4) is 11.1 Å². The van der Waals surface area contributed by atoms with Gasteiger partial charge in [-0.2, -0.15) is 0 Å². The molecule has 5 heteroatoms. The van der Waals surface area contributed by atoms with E-state index in [-0.39, 0.29) is 5.82 Å². The SMILES string of the molecule is CCCC(CCC)n1c(C)nc2c(F)cc(-c3c[nH]c4ncc(C5=CCCC=C5)cc34)cc21. The van der Waals surface area contributed by atoms with Crippen LogP contribution in [0.1, 0.15) is 69.8 Å². The molecule has 0 fully saturated rings. The largest absolute Gasteiger partial charge is 0.346 e. The van der Waals surface area contributed by atoms with E-state index in [1.54, 1.807) is 6.07 Å². The fourth-order valence-corrected chi connectivity index (χ4v) is 5.18. The van der Waals surface area contributed by atoms with Gasteiger partial charge in [0.25, 0.3) is 0 Å². The van der Waals surface area contributed by atoms with Gasteiger partial charge in [0.15, 0.2) is 5.82 Å². The van der Waals surface area contributed by atoms with Crippen LogP contribution in [0.25, 0.3) is 38.8 Å². The molecule has 1 aromatic carbocycles. The average molecular weight is 443 g/mol. The summed E-state index contributed by atoms with van der Waals surface area (Å²) >= 11 is 0. The summed E-state index contributed by atoms with van der Waals surface area (Å²) in [4.78, 5) is 12.5. The van der Waals surface area contributed by atoms with Crippen molar-refractivity contribution in [3.63, 3.8) is 0 Å². The van der Waals surface area contributed by atoms with Gasteiger partial charge in [-0.05, 0) is 61.9 Å². The molecule has 0 aliphatic heterocycles. The Morgan fingerprint density at radius 1 is 1.09 bits per heavy atom. The highest BCUT2D eigenvalue weighted by molar-refractivity contribution is 5.97. The van der Waals surface area contributed by atoms with E-state index in [1.807, 2.05) is 19.3 Å². The van der Waals surface area contributed by atoms with Gasteiger partial charge in [-0.1, -0.05) is 44.9 Å². The molecule has 4 nitrogen and oxygen atoms in total. The zero-order valence-corrected chi connectivity index (χ0v) is 19.7. The summed E-state index contributed by atoms with van der Waals surface area (Å²) in [5, 5.41) is 1.01. The number of aryl methyl sites for hydroxylation is 1. The van der Waals surface area contributed by atoms with Gasteiger partial charge in [0, 0.05) is 34.9 Å². The summed E-state index contributed by atoms with van der Waals surface area (Å²) in [7, 11) is 0. The lowest BCUT2D eigenvalue weighted by molar-refractivity contribution is 0.428. The number of H-pyrrole nitrogens is 1. The van der Waals surface area contributed by atoms with Crippen molar-refractivity contribution in [3.05, 3.63) is 66.0 Å². The summed E-state index contributed by atoms with van der Waals surface area (Å²) in [6.07, 6.45) is 16.9. The second-order valence-electron chi connectivity index (χ2n) is 9.05. The molecule has 1 aliphatic carbocycles. The Labute approximate surface area is 194 Å². The molecular weight excluding hydrogens is 411 g/mol. The standard InChI is InChI=1S/C28H31FN4/c1-4-9-22(10-5-2)33-18(3)32-27-25(29)14-20(15-26(27)33)24-17-31-28-23(24)13-21(16-30-28)19-11-7-6-8-12-19/h7,11-17,22H,4-6,8-10H2,1-3H3,(H,30,31). The number of aromatic amines is 1. The number of imidazole rings is 1. The van der Waals surface area contributed by atoms with E-state index in [0.29, 0.717) is 11.6 Å². The van der Waals surface area contributed by atoms with E-state index < -0.39 is 0 Å². The second-order valence-corrected chi connectivity index (χ2v) is 9.05. The quantitative estimate of drug-likeness (QED) is 0.316. The van der Waals surface area contributed by atoms with Crippen molar-refractivity contribution in [2.24, 2.45) is 0 Å². The van der Waals surface area contributed by atoms with E-state index in [0.717, 1.165) is 77.6 Å². The van der Waals surface area contributed by atoms with Crippen LogP contribution in [-0.2, 0) is 0 Å². The van der Waals surface area contributed by atoms with Crippen molar-refractivity contribution in [1.82, 2.24) is 19.5 Å². The molecule has 0 atom stereocenters. The van der Waals surface area contributed by atoms with Gasteiger partial charge in [-0.15, -0.1) is 0 Å². The van der Waals surface area contributed by atoms with Crippen LogP contribution in [0, 0.1) is 12.7 Å². The van der Waals surface area contributed by atoms with Crippen molar-refractivity contribution < 1.29 is 4.39 Å².